The molecule has 0 atom stereocenters. The van der Waals surface area contributed by atoms with Crippen LogP contribution in [0.3, 0.4) is 0 Å². The molecule has 0 saturated carbocycles. The van der Waals surface area contributed by atoms with Crippen LogP contribution in [0.1, 0.15) is 12.0 Å². The highest BCUT2D eigenvalue weighted by Gasteiger charge is 2.21. The smallest absolute Gasteiger partial charge is 0.307 e. The molecule has 0 aromatic heterocycles. The van der Waals surface area contributed by atoms with E-state index in [4.69, 9.17) is 14.2 Å². The van der Waals surface area contributed by atoms with Crippen LogP contribution in [0.15, 0.2) is 53.4 Å². The van der Waals surface area contributed by atoms with Gasteiger partial charge in [0.2, 0.25) is 0 Å². The minimum atomic E-state index is -3.61. The standard InChI is InChI=1S/C18H18O6S/c19-18(24-13-14-4-2-1-3-5-14)8-11-25(20,21)15-6-7-16-17(12-15)23-10-9-22-16/h1-7,12H,8-11,13H2. The summed E-state index contributed by atoms with van der Waals surface area (Å²) in [5.41, 5.74) is 0.852. The molecular formula is C18H18O6S. The topological polar surface area (TPSA) is 78.9 Å². The van der Waals surface area contributed by atoms with Crippen molar-refractivity contribution in [2.75, 3.05) is 19.0 Å². The van der Waals surface area contributed by atoms with Crippen LogP contribution in [0, 0.1) is 0 Å². The van der Waals surface area contributed by atoms with E-state index < -0.39 is 15.8 Å². The SMILES string of the molecule is O=C(CCS(=O)(=O)c1ccc2c(c1)OCCO2)OCc1ccccc1. The first-order chi connectivity index (χ1) is 12.0. The molecule has 0 saturated heterocycles. The molecule has 0 fully saturated rings. The maximum atomic E-state index is 12.4. The predicted octanol–water partition coefficient (Wildman–Crippen LogP) is 2.37. The fourth-order valence-corrected chi connectivity index (χ4v) is 3.60. The zero-order chi connectivity index (χ0) is 17.7. The Balaban J connectivity index is 1.57. The second-order valence-electron chi connectivity index (χ2n) is 5.52. The fourth-order valence-electron chi connectivity index (χ4n) is 2.36. The van der Waals surface area contributed by atoms with Crippen molar-refractivity contribution in [1.82, 2.24) is 0 Å². The number of sulfone groups is 1. The molecule has 0 spiro atoms. The molecule has 0 bridgehead atoms. The van der Waals surface area contributed by atoms with Gasteiger partial charge in [0.15, 0.2) is 21.3 Å². The monoisotopic (exact) mass is 362 g/mol. The number of rotatable bonds is 6. The molecule has 0 N–H and O–H groups in total. The van der Waals surface area contributed by atoms with Crippen molar-refractivity contribution in [3.63, 3.8) is 0 Å². The average Bonchev–Trinajstić information content (AvgIpc) is 2.65. The van der Waals surface area contributed by atoms with Crippen molar-refractivity contribution in [3.05, 3.63) is 54.1 Å². The van der Waals surface area contributed by atoms with Gasteiger partial charge in [-0.25, -0.2) is 8.42 Å². The Morgan fingerprint density at radius 1 is 1.00 bits per heavy atom. The molecule has 0 aliphatic carbocycles. The highest BCUT2D eigenvalue weighted by Crippen LogP contribution is 2.32. The summed E-state index contributed by atoms with van der Waals surface area (Å²) in [5, 5.41) is 0. The number of carbonyl (C=O) groups excluding carboxylic acids is 1. The van der Waals surface area contributed by atoms with Crippen molar-refractivity contribution in [2.24, 2.45) is 0 Å². The fraction of sp³-hybridized carbons (Fsp3) is 0.278. The molecule has 0 amide bonds. The molecule has 6 nitrogen and oxygen atoms in total. The van der Waals surface area contributed by atoms with Crippen LogP contribution in [0.2, 0.25) is 0 Å². The van der Waals surface area contributed by atoms with Crippen molar-refractivity contribution >= 4 is 15.8 Å². The highest BCUT2D eigenvalue weighted by molar-refractivity contribution is 7.91. The Hall–Kier alpha value is -2.54. The number of hydrogen-bond acceptors (Lipinski definition) is 6. The van der Waals surface area contributed by atoms with Gasteiger partial charge in [0, 0.05) is 6.07 Å². The Bertz CT molecular complexity index is 845. The van der Waals surface area contributed by atoms with Crippen molar-refractivity contribution < 1.29 is 27.4 Å². The number of fused-ring (bicyclic) bond motifs is 1. The summed E-state index contributed by atoms with van der Waals surface area (Å²) >= 11 is 0. The largest absolute Gasteiger partial charge is 0.486 e. The molecule has 1 aliphatic rings. The van der Waals surface area contributed by atoms with E-state index in [1.165, 1.54) is 12.1 Å². The minimum absolute atomic E-state index is 0.104. The van der Waals surface area contributed by atoms with Gasteiger partial charge >= 0.3 is 5.97 Å². The van der Waals surface area contributed by atoms with Gasteiger partial charge in [-0.15, -0.1) is 0 Å². The van der Waals surface area contributed by atoms with Crippen LogP contribution >= 0.6 is 0 Å². The molecular weight excluding hydrogens is 344 g/mol. The molecule has 0 radical (unpaired) electrons. The third kappa shape index (κ3) is 4.51. The highest BCUT2D eigenvalue weighted by atomic mass is 32.2. The van der Waals surface area contributed by atoms with Crippen LogP contribution in [0.4, 0.5) is 0 Å². The van der Waals surface area contributed by atoms with Crippen LogP contribution < -0.4 is 9.47 Å². The van der Waals surface area contributed by atoms with Crippen LogP contribution in [0.25, 0.3) is 0 Å². The molecule has 0 unspecified atom stereocenters. The maximum Gasteiger partial charge on any atom is 0.307 e. The van der Waals surface area contributed by atoms with Gasteiger partial charge in [-0.05, 0) is 17.7 Å². The van der Waals surface area contributed by atoms with Crippen LogP contribution in [-0.2, 0) is 26.0 Å². The zero-order valence-electron chi connectivity index (χ0n) is 13.5. The third-order valence-electron chi connectivity index (χ3n) is 3.69. The first kappa shape index (κ1) is 17.3. The molecule has 7 heteroatoms. The molecule has 3 rings (SSSR count). The number of ether oxygens (including phenoxy) is 3. The summed E-state index contributed by atoms with van der Waals surface area (Å²) in [6, 6.07) is 13.7. The summed E-state index contributed by atoms with van der Waals surface area (Å²) in [4.78, 5) is 11.9. The van der Waals surface area contributed by atoms with Gasteiger partial charge in [0.1, 0.15) is 19.8 Å². The lowest BCUT2D eigenvalue weighted by atomic mass is 10.2. The minimum Gasteiger partial charge on any atom is -0.486 e. The van der Waals surface area contributed by atoms with Gasteiger partial charge in [-0.2, -0.15) is 0 Å². The van der Waals surface area contributed by atoms with E-state index >= 15 is 0 Å². The Morgan fingerprint density at radius 2 is 1.72 bits per heavy atom. The quantitative estimate of drug-likeness (QED) is 0.734. The number of carbonyl (C=O) groups is 1. The Labute approximate surface area is 146 Å². The average molecular weight is 362 g/mol. The molecule has 2 aromatic rings. The Kier molecular flexibility index (Phi) is 5.23. The lowest BCUT2D eigenvalue weighted by Crippen LogP contribution is -2.17. The van der Waals surface area contributed by atoms with E-state index in [1.54, 1.807) is 6.07 Å². The second kappa shape index (κ2) is 7.57. The zero-order valence-corrected chi connectivity index (χ0v) is 14.3. The molecule has 25 heavy (non-hydrogen) atoms. The Morgan fingerprint density at radius 3 is 2.48 bits per heavy atom. The van der Waals surface area contributed by atoms with E-state index in [-0.39, 0.29) is 23.7 Å². The summed E-state index contributed by atoms with van der Waals surface area (Å²) in [7, 11) is -3.61. The maximum absolute atomic E-state index is 12.4. The second-order valence-corrected chi connectivity index (χ2v) is 7.63. The van der Waals surface area contributed by atoms with Crippen molar-refractivity contribution in [1.29, 1.82) is 0 Å². The van der Waals surface area contributed by atoms with E-state index in [0.717, 1.165) is 5.56 Å². The molecule has 1 heterocycles. The van der Waals surface area contributed by atoms with E-state index in [9.17, 15) is 13.2 Å². The molecule has 132 valence electrons. The lowest BCUT2D eigenvalue weighted by molar-refractivity contribution is -0.144. The summed E-state index contributed by atoms with van der Waals surface area (Å²) in [6.07, 6.45) is -0.205. The van der Waals surface area contributed by atoms with E-state index in [2.05, 4.69) is 0 Å². The summed E-state index contributed by atoms with van der Waals surface area (Å²) < 4.78 is 40.6. The molecule has 2 aromatic carbocycles. The summed E-state index contributed by atoms with van der Waals surface area (Å²) in [5.74, 6) is 0.0525. The van der Waals surface area contributed by atoms with Crippen LogP contribution in [0.5, 0.6) is 11.5 Å². The lowest BCUT2D eigenvalue weighted by Gasteiger charge is -2.18. The van der Waals surface area contributed by atoms with Gasteiger partial charge in [-0.3, -0.25) is 4.79 Å². The van der Waals surface area contributed by atoms with Gasteiger partial charge in [0.25, 0.3) is 0 Å². The van der Waals surface area contributed by atoms with Gasteiger partial charge < -0.3 is 14.2 Å². The van der Waals surface area contributed by atoms with E-state index in [0.29, 0.717) is 24.7 Å². The summed E-state index contributed by atoms with van der Waals surface area (Å²) in [6.45, 7) is 0.943. The number of esters is 1. The number of benzene rings is 2. The molecule has 1 aliphatic heterocycles. The first-order valence-corrected chi connectivity index (χ1v) is 9.52. The normalized spacial score (nSPS) is 13.3. The van der Waals surface area contributed by atoms with Gasteiger partial charge in [-0.1, -0.05) is 30.3 Å². The van der Waals surface area contributed by atoms with E-state index in [1.807, 2.05) is 30.3 Å². The van der Waals surface area contributed by atoms with Crippen molar-refractivity contribution in [3.8, 4) is 11.5 Å². The van der Waals surface area contributed by atoms with Gasteiger partial charge in [0.05, 0.1) is 17.1 Å². The van der Waals surface area contributed by atoms with Crippen molar-refractivity contribution in [2.45, 2.75) is 17.9 Å². The third-order valence-corrected chi connectivity index (χ3v) is 5.40. The predicted molar refractivity (Wildman–Crippen MR) is 90.3 cm³/mol. The first-order valence-electron chi connectivity index (χ1n) is 7.86. The van der Waals surface area contributed by atoms with Crippen LogP contribution in [-0.4, -0.2) is 33.4 Å². The number of hydrogen-bond donors (Lipinski definition) is 0.